The summed E-state index contributed by atoms with van der Waals surface area (Å²) in [5.74, 6) is 2.00. The van der Waals surface area contributed by atoms with Gasteiger partial charge < -0.3 is 0 Å². The molecule has 0 unspecified atom stereocenters. The van der Waals surface area contributed by atoms with Crippen LogP contribution in [0.2, 0.25) is 0 Å². The topological polar surface area (TPSA) is 51.2 Å². The molecule has 0 aliphatic carbocycles. The van der Waals surface area contributed by atoms with Gasteiger partial charge in [0.2, 0.25) is 0 Å². The molecule has 0 fully saturated rings. The van der Waals surface area contributed by atoms with Gasteiger partial charge in [-0.05, 0) is 11.8 Å². The van der Waals surface area contributed by atoms with Crippen molar-refractivity contribution < 1.29 is 14.4 Å². The molecular formula is C12H20O3S3. The van der Waals surface area contributed by atoms with Crippen molar-refractivity contribution in [3.8, 4) is 0 Å². The zero-order valence-corrected chi connectivity index (χ0v) is 13.7. The van der Waals surface area contributed by atoms with Crippen molar-refractivity contribution in [1.82, 2.24) is 0 Å². The minimum Gasteiger partial charge on any atom is -0.288 e. The van der Waals surface area contributed by atoms with Crippen LogP contribution in [0, 0.1) is 5.41 Å². The second-order valence-electron chi connectivity index (χ2n) is 4.19. The van der Waals surface area contributed by atoms with E-state index in [2.05, 4.69) is 0 Å². The molecule has 18 heavy (non-hydrogen) atoms. The van der Waals surface area contributed by atoms with Crippen molar-refractivity contribution in [2.24, 2.45) is 5.41 Å². The molecule has 0 aromatic carbocycles. The lowest BCUT2D eigenvalue weighted by atomic mass is 9.92. The number of carbonyl (C=O) groups excluding carboxylic acids is 3. The maximum atomic E-state index is 11.1. The first kappa shape index (κ1) is 18.1. The Kier molecular flexibility index (Phi) is 9.07. The molecule has 0 atom stereocenters. The van der Waals surface area contributed by atoms with Crippen LogP contribution in [0.5, 0.6) is 0 Å². The summed E-state index contributed by atoms with van der Waals surface area (Å²) < 4.78 is 0. The highest BCUT2D eigenvalue weighted by atomic mass is 32.2. The molecular weight excluding hydrogens is 288 g/mol. The van der Waals surface area contributed by atoms with E-state index in [1.807, 2.05) is 6.92 Å². The third kappa shape index (κ3) is 8.21. The van der Waals surface area contributed by atoms with Gasteiger partial charge in [-0.25, -0.2) is 0 Å². The smallest absolute Gasteiger partial charge is 0.185 e. The van der Waals surface area contributed by atoms with Gasteiger partial charge in [0.25, 0.3) is 0 Å². The zero-order chi connectivity index (χ0) is 14.2. The first-order chi connectivity index (χ1) is 8.31. The predicted octanol–water partition coefficient (Wildman–Crippen LogP) is 3.22. The Labute approximate surface area is 122 Å². The van der Waals surface area contributed by atoms with E-state index in [0.29, 0.717) is 17.3 Å². The molecule has 0 aromatic heterocycles. The first-order valence-electron chi connectivity index (χ1n) is 5.71. The summed E-state index contributed by atoms with van der Waals surface area (Å²) in [4.78, 5) is 33.3. The molecule has 0 bridgehead atoms. The van der Waals surface area contributed by atoms with Crippen molar-refractivity contribution >= 4 is 50.6 Å². The van der Waals surface area contributed by atoms with Crippen molar-refractivity contribution in [3.05, 3.63) is 0 Å². The van der Waals surface area contributed by atoms with Crippen molar-refractivity contribution in [2.75, 3.05) is 17.3 Å². The summed E-state index contributed by atoms with van der Waals surface area (Å²) in [6.07, 6.45) is 0.855. The quantitative estimate of drug-likeness (QED) is 0.720. The molecule has 0 radical (unpaired) electrons. The molecule has 0 amide bonds. The van der Waals surface area contributed by atoms with Crippen LogP contribution in [-0.2, 0) is 14.4 Å². The zero-order valence-electron chi connectivity index (χ0n) is 11.3. The van der Waals surface area contributed by atoms with Gasteiger partial charge in [-0.3, -0.25) is 14.4 Å². The van der Waals surface area contributed by atoms with E-state index in [4.69, 9.17) is 0 Å². The van der Waals surface area contributed by atoms with E-state index in [1.165, 1.54) is 35.3 Å². The normalized spacial score (nSPS) is 11.3. The average molecular weight is 308 g/mol. The SMILES string of the molecule is CCC(CSC(C)=O)(CSC(C)=O)CSC(C)=O. The Morgan fingerprint density at radius 3 is 1.22 bits per heavy atom. The van der Waals surface area contributed by atoms with Gasteiger partial charge in [-0.2, -0.15) is 0 Å². The predicted molar refractivity (Wildman–Crippen MR) is 82.1 cm³/mol. The van der Waals surface area contributed by atoms with Gasteiger partial charge in [0.15, 0.2) is 15.3 Å². The highest BCUT2D eigenvalue weighted by molar-refractivity contribution is 8.15. The summed E-state index contributed by atoms with van der Waals surface area (Å²) >= 11 is 3.83. The van der Waals surface area contributed by atoms with Crippen LogP contribution >= 0.6 is 35.3 Å². The summed E-state index contributed by atoms with van der Waals surface area (Å²) in [5.41, 5.74) is -0.136. The molecule has 0 heterocycles. The molecule has 0 spiro atoms. The number of hydrogen-bond acceptors (Lipinski definition) is 6. The van der Waals surface area contributed by atoms with Crippen molar-refractivity contribution in [1.29, 1.82) is 0 Å². The third-order valence-electron chi connectivity index (χ3n) is 2.49. The lowest BCUT2D eigenvalue weighted by Gasteiger charge is -2.30. The Hall–Kier alpha value is 0.0600. The Morgan fingerprint density at radius 2 is 1.06 bits per heavy atom. The van der Waals surface area contributed by atoms with Gasteiger partial charge in [-0.1, -0.05) is 42.2 Å². The fraction of sp³-hybridized carbons (Fsp3) is 0.750. The van der Waals surface area contributed by atoms with Crippen molar-refractivity contribution in [2.45, 2.75) is 34.1 Å². The average Bonchev–Trinajstić information content (AvgIpc) is 2.28. The maximum absolute atomic E-state index is 11.1. The molecule has 0 aliphatic rings. The van der Waals surface area contributed by atoms with Crippen molar-refractivity contribution in [3.63, 3.8) is 0 Å². The fourth-order valence-electron chi connectivity index (χ4n) is 1.20. The largest absolute Gasteiger partial charge is 0.288 e. The first-order valence-corrected chi connectivity index (χ1v) is 8.67. The van der Waals surface area contributed by atoms with Crippen LogP contribution in [0.1, 0.15) is 34.1 Å². The third-order valence-corrected chi connectivity index (χ3v) is 5.98. The molecule has 0 saturated heterocycles. The lowest BCUT2D eigenvalue weighted by Crippen LogP contribution is -2.30. The van der Waals surface area contributed by atoms with E-state index < -0.39 is 0 Å². The van der Waals surface area contributed by atoms with E-state index in [-0.39, 0.29) is 20.8 Å². The molecule has 0 aromatic rings. The van der Waals surface area contributed by atoms with Crippen LogP contribution in [-0.4, -0.2) is 32.6 Å². The minimum atomic E-state index is -0.136. The van der Waals surface area contributed by atoms with E-state index in [0.717, 1.165) is 6.42 Å². The van der Waals surface area contributed by atoms with Gasteiger partial charge in [0.1, 0.15) is 0 Å². The molecule has 0 aliphatic heterocycles. The van der Waals surface area contributed by atoms with Crippen LogP contribution in [0.4, 0.5) is 0 Å². The second kappa shape index (κ2) is 9.04. The Balaban J connectivity index is 4.63. The Bertz CT molecular complexity index is 270. The standard InChI is InChI=1S/C12H20O3S3/c1-5-12(6-16-9(2)13,7-17-10(3)14)8-18-11(4)15/h5-8H2,1-4H3. The minimum absolute atomic E-state index is 0.0773. The second-order valence-corrected chi connectivity index (χ2v) is 7.65. The van der Waals surface area contributed by atoms with Gasteiger partial charge in [-0.15, -0.1) is 0 Å². The molecule has 0 saturated carbocycles. The lowest BCUT2D eigenvalue weighted by molar-refractivity contribution is -0.109. The van der Waals surface area contributed by atoms with Crippen LogP contribution in [0.3, 0.4) is 0 Å². The summed E-state index contributed by atoms with van der Waals surface area (Å²) in [7, 11) is 0. The van der Waals surface area contributed by atoms with E-state index in [1.54, 1.807) is 20.8 Å². The molecule has 104 valence electrons. The molecule has 0 rings (SSSR count). The fourth-order valence-corrected chi connectivity index (χ4v) is 4.34. The molecule has 0 N–H and O–H groups in total. The van der Waals surface area contributed by atoms with Gasteiger partial charge in [0.05, 0.1) is 0 Å². The summed E-state index contributed by atoms with van der Waals surface area (Å²) in [6, 6.07) is 0. The summed E-state index contributed by atoms with van der Waals surface area (Å²) in [6.45, 7) is 6.67. The number of carbonyl (C=O) groups is 3. The van der Waals surface area contributed by atoms with Gasteiger partial charge >= 0.3 is 0 Å². The maximum Gasteiger partial charge on any atom is 0.185 e. The van der Waals surface area contributed by atoms with Crippen LogP contribution in [0.15, 0.2) is 0 Å². The highest BCUT2D eigenvalue weighted by Gasteiger charge is 2.30. The van der Waals surface area contributed by atoms with Crippen LogP contribution in [0.25, 0.3) is 0 Å². The number of thioether (sulfide) groups is 3. The number of hydrogen-bond donors (Lipinski definition) is 0. The van der Waals surface area contributed by atoms with Crippen LogP contribution < -0.4 is 0 Å². The van der Waals surface area contributed by atoms with E-state index >= 15 is 0 Å². The molecule has 3 nitrogen and oxygen atoms in total. The van der Waals surface area contributed by atoms with Gasteiger partial charge in [0, 0.05) is 38.0 Å². The number of rotatable bonds is 7. The monoisotopic (exact) mass is 308 g/mol. The Morgan fingerprint density at radius 1 is 0.778 bits per heavy atom. The highest BCUT2D eigenvalue weighted by Crippen LogP contribution is 2.35. The molecule has 6 heteroatoms. The summed E-state index contributed by atoms with van der Waals surface area (Å²) in [5, 5.41) is 0.232. The van der Waals surface area contributed by atoms with E-state index in [9.17, 15) is 14.4 Å².